The van der Waals surface area contributed by atoms with Crippen molar-refractivity contribution in [3.8, 4) is 0 Å². The SMILES string of the molecule is NC(=Nc1ccc2c(c1)CCCCN2)c1cccs1. The molecule has 2 aromatic rings. The smallest absolute Gasteiger partial charge is 0.141 e. The fourth-order valence-corrected chi connectivity index (χ4v) is 2.94. The maximum atomic E-state index is 6.02. The lowest BCUT2D eigenvalue weighted by Gasteiger charge is -2.08. The number of fused-ring (bicyclic) bond motifs is 1. The molecule has 2 heterocycles. The van der Waals surface area contributed by atoms with Gasteiger partial charge in [-0.25, -0.2) is 4.99 Å². The largest absolute Gasteiger partial charge is 0.385 e. The lowest BCUT2D eigenvalue weighted by molar-refractivity contribution is 0.785. The van der Waals surface area contributed by atoms with Gasteiger partial charge in [-0.15, -0.1) is 11.3 Å². The number of aliphatic imine (C=N–C) groups is 1. The fraction of sp³-hybridized carbons (Fsp3) is 0.267. The normalized spacial score (nSPS) is 15.5. The van der Waals surface area contributed by atoms with Gasteiger partial charge in [0.1, 0.15) is 5.84 Å². The van der Waals surface area contributed by atoms with E-state index in [1.165, 1.54) is 24.1 Å². The van der Waals surface area contributed by atoms with Crippen LogP contribution in [0, 0.1) is 0 Å². The van der Waals surface area contributed by atoms with Crippen molar-refractivity contribution in [2.45, 2.75) is 19.3 Å². The van der Waals surface area contributed by atoms with Crippen molar-refractivity contribution >= 4 is 28.5 Å². The molecule has 3 rings (SSSR count). The predicted molar refractivity (Wildman–Crippen MR) is 82.6 cm³/mol. The number of amidine groups is 1. The Balaban J connectivity index is 1.90. The highest BCUT2D eigenvalue weighted by Crippen LogP contribution is 2.26. The molecule has 0 fully saturated rings. The number of nitrogens with two attached hydrogens (primary N) is 1. The Labute approximate surface area is 117 Å². The Kier molecular flexibility index (Phi) is 3.51. The van der Waals surface area contributed by atoms with Crippen LogP contribution in [-0.4, -0.2) is 12.4 Å². The summed E-state index contributed by atoms with van der Waals surface area (Å²) in [6, 6.07) is 10.3. The van der Waals surface area contributed by atoms with Crippen LogP contribution in [0.2, 0.25) is 0 Å². The van der Waals surface area contributed by atoms with Crippen molar-refractivity contribution < 1.29 is 0 Å². The van der Waals surface area contributed by atoms with Crippen molar-refractivity contribution in [2.75, 3.05) is 11.9 Å². The van der Waals surface area contributed by atoms with Gasteiger partial charge in [0.25, 0.3) is 0 Å². The minimum absolute atomic E-state index is 0.594. The quantitative estimate of drug-likeness (QED) is 0.648. The summed E-state index contributed by atoms with van der Waals surface area (Å²) in [6.45, 7) is 1.06. The number of thiophene rings is 1. The van der Waals surface area contributed by atoms with E-state index in [4.69, 9.17) is 5.73 Å². The molecule has 1 aliphatic heterocycles. The second kappa shape index (κ2) is 5.45. The maximum Gasteiger partial charge on any atom is 0.141 e. The third-order valence-electron chi connectivity index (χ3n) is 3.30. The van der Waals surface area contributed by atoms with E-state index >= 15 is 0 Å². The molecule has 19 heavy (non-hydrogen) atoms. The molecule has 0 atom stereocenters. The van der Waals surface area contributed by atoms with E-state index in [9.17, 15) is 0 Å². The molecule has 0 bridgehead atoms. The van der Waals surface area contributed by atoms with Gasteiger partial charge in [-0.05, 0) is 54.5 Å². The highest BCUT2D eigenvalue weighted by atomic mass is 32.1. The molecular formula is C15H17N3S. The first-order chi connectivity index (χ1) is 9.33. The highest BCUT2D eigenvalue weighted by Gasteiger charge is 2.08. The minimum Gasteiger partial charge on any atom is -0.385 e. The summed E-state index contributed by atoms with van der Waals surface area (Å²) in [5.41, 5.74) is 9.55. The van der Waals surface area contributed by atoms with Crippen molar-refractivity contribution in [1.29, 1.82) is 0 Å². The van der Waals surface area contributed by atoms with E-state index < -0.39 is 0 Å². The first-order valence-corrected chi connectivity index (χ1v) is 7.46. The molecular weight excluding hydrogens is 254 g/mol. The topological polar surface area (TPSA) is 50.4 Å². The summed E-state index contributed by atoms with van der Waals surface area (Å²) in [4.78, 5) is 5.54. The van der Waals surface area contributed by atoms with Crippen LogP contribution in [0.3, 0.4) is 0 Å². The van der Waals surface area contributed by atoms with Gasteiger partial charge < -0.3 is 11.1 Å². The number of hydrogen-bond donors (Lipinski definition) is 2. The molecule has 0 aliphatic carbocycles. The molecule has 3 nitrogen and oxygen atoms in total. The van der Waals surface area contributed by atoms with Gasteiger partial charge in [0.15, 0.2) is 0 Å². The van der Waals surface area contributed by atoms with Crippen molar-refractivity contribution in [3.63, 3.8) is 0 Å². The molecule has 3 N–H and O–H groups in total. The summed E-state index contributed by atoms with van der Waals surface area (Å²) in [5.74, 6) is 0.594. The fourth-order valence-electron chi connectivity index (χ4n) is 2.31. The lowest BCUT2D eigenvalue weighted by Crippen LogP contribution is -2.10. The predicted octanol–water partition coefficient (Wildman–Crippen LogP) is 3.53. The Morgan fingerprint density at radius 3 is 3.05 bits per heavy atom. The average molecular weight is 271 g/mol. The Morgan fingerprint density at radius 1 is 1.26 bits per heavy atom. The summed E-state index contributed by atoms with van der Waals surface area (Å²) < 4.78 is 0. The Morgan fingerprint density at radius 2 is 2.21 bits per heavy atom. The Bertz CT molecular complexity index is 587. The molecule has 0 saturated heterocycles. The zero-order valence-electron chi connectivity index (χ0n) is 10.7. The minimum atomic E-state index is 0.594. The van der Waals surface area contributed by atoms with E-state index in [2.05, 4.69) is 22.4 Å². The second-order valence-corrected chi connectivity index (χ2v) is 5.65. The van der Waals surface area contributed by atoms with Crippen LogP contribution in [0.4, 0.5) is 11.4 Å². The molecule has 0 spiro atoms. The lowest BCUT2D eigenvalue weighted by atomic mass is 10.1. The van der Waals surface area contributed by atoms with Crippen LogP contribution in [0.1, 0.15) is 23.3 Å². The van der Waals surface area contributed by atoms with Crippen LogP contribution in [-0.2, 0) is 6.42 Å². The van der Waals surface area contributed by atoms with Gasteiger partial charge in [-0.2, -0.15) is 0 Å². The first kappa shape index (κ1) is 12.2. The van der Waals surface area contributed by atoms with Crippen LogP contribution < -0.4 is 11.1 Å². The van der Waals surface area contributed by atoms with Crippen LogP contribution >= 0.6 is 11.3 Å². The van der Waals surface area contributed by atoms with E-state index in [0.29, 0.717) is 5.84 Å². The van der Waals surface area contributed by atoms with E-state index in [0.717, 1.165) is 23.5 Å². The third kappa shape index (κ3) is 2.79. The molecule has 0 unspecified atom stereocenters. The highest BCUT2D eigenvalue weighted by molar-refractivity contribution is 7.12. The second-order valence-electron chi connectivity index (χ2n) is 4.70. The van der Waals surface area contributed by atoms with E-state index in [-0.39, 0.29) is 0 Å². The summed E-state index contributed by atoms with van der Waals surface area (Å²) in [6.07, 6.45) is 3.57. The van der Waals surface area contributed by atoms with Gasteiger partial charge in [0.05, 0.1) is 10.6 Å². The molecule has 1 aliphatic rings. The number of nitrogens with one attached hydrogen (secondary N) is 1. The zero-order chi connectivity index (χ0) is 13.1. The van der Waals surface area contributed by atoms with Crippen molar-refractivity contribution in [1.82, 2.24) is 0 Å². The standard InChI is InChI=1S/C15H17N3S/c16-15(14-5-3-9-19-14)18-12-6-7-13-11(10-12)4-1-2-8-17-13/h3,5-7,9-10,17H,1-2,4,8H2,(H2,16,18). The molecule has 1 aromatic heterocycles. The monoisotopic (exact) mass is 271 g/mol. The number of hydrogen-bond acceptors (Lipinski definition) is 3. The van der Waals surface area contributed by atoms with Gasteiger partial charge in [0.2, 0.25) is 0 Å². The molecule has 0 radical (unpaired) electrons. The first-order valence-electron chi connectivity index (χ1n) is 6.58. The molecule has 4 heteroatoms. The maximum absolute atomic E-state index is 6.02. The number of benzene rings is 1. The Hall–Kier alpha value is -1.81. The zero-order valence-corrected chi connectivity index (χ0v) is 11.5. The van der Waals surface area contributed by atoms with Gasteiger partial charge in [-0.1, -0.05) is 6.07 Å². The average Bonchev–Trinajstić information content (AvgIpc) is 2.85. The summed E-state index contributed by atoms with van der Waals surface area (Å²) in [5, 5.41) is 5.47. The number of nitrogens with zero attached hydrogens (tertiary/aromatic N) is 1. The molecule has 98 valence electrons. The number of aryl methyl sites for hydroxylation is 1. The van der Waals surface area contributed by atoms with Crippen LogP contribution in [0.15, 0.2) is 40.7 Å². The number of anilines is 1. The van der Waals surface area contributed by atoms with E-state index in [1.54, 1.807) is 11.3 Å². The summed E-state index contributed by atoms with van der Waals surface area (Å²) in [7, 11) is 0. The number of rotatable bonds is 2. The van der Waals surface area contributed by atoms with Crippen LogP contribution in [0.5, 0.6) is 0 Å². The molecule has 1 aromatic carbocycles. The van der Waals surface area contributed by atoms with Crippen LogP contribution in [0.25, 0.3) is 0 Å². The van der Waals surface area contributed by atoms with Gasteiger partial charge in [-0.3, -0.25) is 0 Å². The van der Waals surface area contributed by atoms with E-state index in [1.807, 2.05) is 23.6 Å². The molecule has 0 amide bonds. The summed E-state index contributed by atoms with van der Waals surface area (Å²) >= 11 is 1.61. The van der Waals surface area contributed by atoms with Crippen molar-refractivity contribution in [2.24, 2.45) is 10.7 Å². The van der Waals surface area contributed by atoms with Crippen molar-refractivity contribution in [3.05, 3.63) is 46.2 Å². The van der Waals surface area contributed by atoms with Gasteiger partial charge in [0, 0.05) is 12.2 Å². The third-order valence-corrected chi connectivity index (χ3v) is 4.19. The van der Waals surface area contributed by atoms with Gasteiger partial charge >= 0.3 is 0 Å². The molecule has 0 saturated carbocycles.